The minimum absolute atomic E-state index is 0.0119. The molecule has 0 spiro atoms. The van der Waals surface area contributed by atoms with E-state index in [1.54, 1.807) is 19.1 Å². The average molecular weight is 449 g/mol. The highest BCUT2D eigenvalue weighted by Gasteiger charge is 2.17. The van der Waals surface area contributed by atoms with Crippen LogP contribution in [0.5, 0.6) is 0 Å². The van der Waals surface area contributed by atoms with Crippen molar-refractivity contribution >= 4 is 44.3 Å². The lowest BCUT2D eigenvalue weighted by Gasteiger charge is -2.15. The van der Waals surface area contributed by atoms with Crippen molar-refractivity contribution in [1.29, 1.82) is 0 Å². The third-order valence-electron chi connectivity index (χ3n) is 6.01. The molecule has 4 nitrogen and oxygen atoms in total. The van der Waals surface area contributed by atoms with E-state index in [9.17, 15) is 9.59 Å². The minimum atomic E-state index is -0.601. The van der Waals surface area contributed by atoms with Gasteiger partial charge in [-0.2, -0.15) is 0 Å². The molecule has 5 aromatic rings. The van der Waals surface area contributed by atoms with Gasteiger partial charge in [0.2, 0.25) is 0 Å². The van der Waals surface area contributed by atoms with E-state index in [0.717, 1.165) is 37.9 Å². The number of benzene rings is 5. The topological polar surface area (TPSA) is 52.6 Å². The van der Waals surface area contributed by atoms with Crippen molar-refractivity contribution in [3.05, 3.63) is 108 Å². The summed E-state index contributed by atoms with van der Waals surface area (Å²) >= 11 is 0. The zero-order valence-corrected chi connectivity index (χ0v) is 18.9. The normalized spacial score (nSPS) is 12.0. The second-order valence-corrected chi connectivity index (χ2v) is 8.44. The molecule has 0 saturated carbocycles. The van der Waals surface area contributed by atoms with Gasteiger partial charge in [-0.25, -0.2) is 4.79 Å². The molecule has 0 amide bonds. The fourth-order valence-corrected chi connectivity index (χ4v) is 4.32. The maximum Gasteiger partial charge on any atom is 0.338 e. The Balaban J connectivity index is 1.25. The monoisotopic (exact) mass is 448 g/mol. The molecule has 4 heteroatoms. The fourth-order valence-electron chi connectivity index (χ4n) is 4.32. The van der Waals surface area contributed by atoms with Crippen LogP contribution in [0.2, 0.25) is 0 Å². The summed E-state index contributed by atoms with van der Waals surface area (Å²) in [5, 5.41) is 6.34. The van der Waals surface area contributed by atoms with E-state index < -0.39 is 18.0 Å². The van der Waals surface area contributed by atoms with Crippen molar-refractivity contribution in [2.75, 3.05) is 0 Å². The van der Waals surface area contributed by atoms with Crippen LogP contribution < -0.4 is 0 Å². The van der Waals surface area contributed by atoms with E-state index in [4.69, 9.17) is 9.47 Å². The molecule has 0 aliphatic rings. The molecule has 5 aromatic carbocycles. The van der Waals surface area contributed by atoms with E-state index in [0.29, 0.717) is 5.56 Å². The summed E-state index contributed by atoms with van der Waals surface area (Å²) < 4.78 is 11.1. The predicted molar refractivity (Wildman–Crippen MR) is 135 cm³/mol. The number of ether oxygens (including phenoxy) is 2. The molecular formula is C30H24O4. The Morgan fingerprint density at radius 3 is 1.97 bits per heavy atom. The van der Waals surface area contributed by atoms with Crippen molar-refractivity contribution in [2.24, 2.45) is 0 Å². The van der Waals surface area contributed by atoms with E-state index in [2.05, 4.69) is 18.2 Å². The Hall–Kier alpha value is -4.18. The van der Waals surface area contributed by atoms with Crippen LogP contribution >= 0.6 is 0 Å². The maximum atomic E-state index is 12.6. The number of carbonyl (C=O) groups is 2. The third-order valence-corrected chi connectivity index (χ3v) is 6.01. The van der Waals surface area contributed by atoms with Crippen LogP contribution in [0.15, 0.2) is 97.1 Å². The highest BCUT2D eigenvalue weighted by molar-refractivity contribution is 6.02. The van der Waals surface area contributed by atoms with Gasteiger partial charge in [0.15, 0.2) is 0 Å². The Morgan fingerprint density at radius 2 is 1.29 bits per heavy atom. The lowest BCUT2D eigenvalue weighted by atomic mass is 9.97. The molecule has 0 aliphatic carbocycles. The number of hydrogen-bond acceptors (Lipinski definition) is 4. The van der Waals surface area contributed by atoms with Gasteiger partial charge in [-0.1, -0.05) is 78.9 Å². The van der Waals surface area contributed by atoms with E-state index in [1.807, 2.05) is 66.7 Å². The van der Waals surface area contributed by atoms with Crippen LogP contribution in [0.1, 0.15) is 29.3 Å². The van der Waals surface area contributed by atoms with Gasteiger partial charge in [0.05, 0.1) is 12.0 Å². The lowest BCUT2D eigenvalue weighted by Crippen LogP contribution is -2.20. The smallest absolute Gasteiger partial charge is 0.338 e. The van der Waals surface area contributed by atoms with E-state index >= 15 is 0 Å². The minimum Gasteiger partial charge on any atom is -0.461 e. The zero-order valence-electron chi connectivity index (χ0n) is 18.9. The first-order valence-electron chi connectivity index (χ1n) is 11.3. The fraction of sp³-hybridized carbons (Fsp3) is 0.133. The van der Waals surface area contributed by atoms with Gasteiger partial charge in [0, 0.05) is 5.56 Å². The summed E-state index contributed by atoms with van der Waals surface area (Å²) in [5.41, 5.74) is 1.43. The summed E-state index contributed by atoms with van der Waals surface area (Å²) in [6.45, 7) is 1.86. The van der Waals surface area contributed by atoms with Gasteiger partial charge in [-0.15, -0.1) is 0 Å². The number of fused-ring (bicyclic) bond motifs is 3. The van der Waals surface area contributed by atoms with E-state index in [1.165, 1.54) is 0 Å². The highest BCUT2D eigenvalue weighted by atomic mass is 16.6. The van der Waals surface area contributed by atoms with Gasteiger partial charge in [-0.05, 0) is 57.4 Å². The maximum absolute atomic E-state index is 12.6. The Morgan fingerprint density at radius 1 is 0.706 bits per heavy atom. The summed E-state index contributed by atoms with van der Waals surface area (Å²) in [5.74, 6) is -0.859. The van der Waals surface area contributed by atoms with Gasteiger partial charge < -0.3 is 9.47 Å². The van der Waals surface area contributed by atoms with Crippen molar-refractivity contribution < 1.29 is 19.1 Å². The van der Waals surface area contributed by atoms with Crippen LogP contribution in [0.25, 0.3) is 32.3 Å². The molecule has 0 aliphatic heterocycles. The second-order valence-electron chi connectivity index (χ2n) is 8.44. The van der Waals surface area contributed by atoms with Crippen LogP contribution in [0, 0.1) is 0 Å². The molecular weight excluding hydrogens is 424 g/mol. The summed E-state index contributed by atoms with van der Waals surface area (Å²) in [6, 6.07) is 31.5. The molecule has 0 aromatic heterocycles. The lowest BCUT2D eigenvalue weighted by molar-refractivity contribution is -0.146. The molecule has 5 rings (SSSR count). The van der Waals surface area contributed by atoms with Crippen molar-refractivity contribution in [2.45, 2.75) is 26.1 Å². The van der Waals surface area contributed by atoms with Crippen molar-refractivity contribution in [3.63, 3.8) is 0 Å². The number of carbonyl (C=O) groups excluding carboxylic acids is 2. The van der Waals surface area contributed by atoms with Gasteiger partial charge >= 0.3 is 11.9 Å². The zero-order chi connectivity index (χ0) is 23.5. The number of rotatable bonds is 6. The SMILES string of the molecule is C[C@@H](CC(=O)OCc1c2ccccc2cc2ccccc12)OC(=O)c1ccc2ccccc2c1. The van der Waals surface area contributed by atoms with E-state index in [-0.39, 0.29) is 13.0 Å². The Kier molecular flexibility index (Phi) is 5.96. The molecule has 0 saturated heterocycles. The molecule has 0 radical (unpaired) electrons. The summed E-state index contributed by atoms with van der Waals surface area (Å²) in [4.78, 5) is 25.2. The first-order chi connectivity index (χ1) is 16.6. The van der Waals surface area contributed by atoms with Gasteiger partial charge in [0.1, 0.15) is 12.7 Å². The summed E-state index contributed by atoms with van der Waals surface area (Å²) in [6.07, 6.45) is -0.613. The third kappa shape index (κ3) is 4.48. The molecule has 34 heavy (non-hydrogen) atoms. The van der Waals surface area contributed by atoms with Crippen LogP contribution in [0.4, 0.5) is 0 Å². The van der Waals surface area contributed by atoms with Crippen molar-refractivity contribution in [1.82, 2.24) is 0 Å². The molecule has 1 atom stereocenters. The van der Waals surface area contributed by atoms with Gasteiger partial charge in [-0.3, -0.25) is 4.79 Å². The van der Waals surface area contributed by atoms with Crippen LogP contribution in [0.3, 0.4) is 0 Å². The standard InChI is InChI=1S/C30H24O4/c1-20(34-30(32)25-15-14-21-8-2-3-9-22(21)17-25)16-29(31)33-19-28-26-12-6-4-10-23(26)18-24-11-5-7-13-27(24)28/h2-15,17-18,20H,16,19H2,1H3/t20-/m0/s1. The van der Waals surface area contributed by atoms with Crippen LogP contribution in [-0.2, 0) is 20.9 Å². The summed E-state index contributed by atoms with van der Waals surface area (Å²) in [7, 11) is 0. The molecule has 0 bridgehead atoms. The number of esters is 2. The molecule has 0 unspecified atom stereocenters. The predicted octanol–water partition coefficient (Wildman–Crippen LogP) is 6.83. The molecule has 0 heterocycles. The largest absolute Gasteiger partial charge is 0.461 e. The first kappa shape index (κ1) is 21.7. The van der Waals surface area contributed by atoms with Gasteiger partial charge in [0.25, 0.3) is 0 Å². The van der Waals surface area contributed by atoms with Crippen LogP contribution in [-0.4, -0.2) is 18.0 Å². The molecule has 0 fully saturated rings. The highest BCUT2D eigenvalue weighted by Crippen LogP contribution is 2.29. The molecule has 0 N–H and O–H groups in total. The second kappa shape index (κ2) is 9.36. The average Bonchev–Trinajstić information content (AvgIpc) is 2.86. The Labute approximate surface area is 197 Å². The quantitative estimate of drug-likeness (QED) is 0.211. The Bertz CT molecular complexity index is 1460. The molecule has 168 valence electrons. The first-order valence-corrected chi connectivity index (χ1v) is 11.3. The van der Waals surface area contributed by atoms with Crippen molar-refractivity contribution in [3.8, 4) is 0 Å². The number of hydrogen-bond donors (Lipinski definition) is 0.